The Morgan fingerprint density at radius 1 is 0.822 bits per heavy atom. The normalized spacial score (nSPS) is 13.1. The quantitative estimate of drug-likeness (QED) is 0.125. The highest BCUT2D eigenvalue weighted by molar-refractivity contribution is 7.92. The van der Waals surface area contributed by atoms with Crippen molar-refractivity contribution in [3.05, 3.63) is 130 Å². The van der Waals surface area contributed by atoms with Crippen LogP contribution < -0.4 is 9.04 Å². The maximum atomic E-state index is 13.7. The number of carbonyl (C=O) groups excluding carboxylic acids is 1. The number of hydrogen-bond acceptors (Lipinski definition) is 6. The van der Waals surface area contributed by atoms with E-state index in [4.69, 9.17) is 4.74 Å². The number of ether oxygens (including phenoxy) is 1. The SMILES string of the molecule is CS(=O)(=O)N(Cc1ccccc1)c1cccc(C(=O)CN(CCOc2cccc3c4c(sc23)CCCC4)Cc2ccccc2)c1. The van der Waals surface area contributed by atoms with Crippen molar-refractivity contribution < 1.29 is 17.9 Å². The standard InChI is InChI=1S/C37H38N2O4S2/c1-45(41,42)39(26-29-14-6-3-7-15-29)31-17-10-16-30(24-31)34(40)27-38(25-28-12-4-2-5-13-28)22-23-43-35-20-11-19-33-32-18-8-9-21-36(32)44-37(33)35/h2-7,10-17,19-20,24H,8-9,18,21-23,25-27H2,1H3. The van der Waals surface area contributed by atoms with E-state index >= 15 is 0 Å². The lowest BCUT2D eigenvalue weighted by atomic mass is 9.96. The molecule has 232 valence electrons. The lowest BCUT2D eigenvalue weighted by Gasteiger charge is -2.24. The van der Waals surface area contributed by atoms with Crippen LogP contribution in [0.4, 0.5) is 5.69 Å². The van der Waals surface area contributed by atoms with Crippen molar-refractivity contribution in [2.24, 2.45) is 0 Å². The van der Waals surface area contributed by atoms with Crippen LogP contribution in [0.5, 0.6) is 5.75 Å². The Kier molecular flexibility index (Phi) is 9.64. The van der Waals surface area contributed by atoms with Gasteiger partial charge >= 0.3 is 0 Å². The van der Waals surface area contributed by atoms with Gasteiger partial charge < -0.3 is 4.74 Å². The van der Waals surface area contributed by atoms with Crippen molar-refractivity contribution >= 4 is 42.9 Å². The minimum atomic E-state index is -3.58. The summed E-state index contributed by atoms with van der Waals surface area (Å²) in [5.74, 6) is 0.832. The molecule has 0 aliphatic heterocycles. The second kappa shape index (κ2) is 14.0. The van der Waals surface area contributed by atoms with Crippen LogP contribution in [0.2, 0.25) is 0 Å². The summed E-state index contributed by atoms with van der Waals surface area (Å²) in [6.07, 6.45) is 5.98. The van der Waals surface area contributed by atoms with Crippen molar-refractivity contribution in [3.8, 4) is 5.75 Å². The summed E-state index contributed by atoms with van der Waals surface area (Å²) in [7, 11) is -3.58. The summed E-state index contributed by atoms with van der Waals surface area (Å²) < 4.78 is 34.5. The Hall–Kier alpha value is -3.98. The molecular weight excluding hydrogens is 601 g/mol. The zero-order chi connectivity index (χ0) is 31.2. The van der Waals surface area contributed by atoms with Gasteiger partial charge in [-0.05, 0) is 66.0 Å². The minimum Gasteiger partial charge on any atom is -0.491 e. The second-order valence-corrected chi connectivity index (χ2v) is 14.6. The van der Waals surface area contributed by atoms with Gasteiger partial charge in [0.25, 0.3) is 0 Å². The first-order chi connectivity index (χ1) is 21.8. The van der Waals surface area contributed by atoms with E-state index in [2.05, 4.69) is 29.2 Å². The number of sulfonamides is 1. The first-order valence-electron chi connectivity index (χ1n) is 15.4. The van der Waals surface area contributed by atoms with E-state index in [0.717, 1.165) is 29.7 Å². The molecule has 8 heteroatoms. The number of fused-ring (bicyclic) bond motifs is 3. The van der Waals surface area contributed by atoms with Gasteiger partial charge in [-0.3, -0.25) is 14.0 Å². The molecule has 0 radical (unpaired) electrons. The zero-order valence-corrected chi connectivity index (χ0v) is 27.2. The monoisotopic (exact) mass is 638 g/mol. The Bertz CT molecular complexity index is 1870. The number of nitrogens with zero attached hydrogens (tertiary/aromatic N) is 2. The number of rotatable bonds is 13. The second-order valence-electron chi connectivity index (χ2n) is 11.6. The molecule has 0 N–H and O–H groups in total. The summed E-state index contributed by atoms with van der Waals surface area (Å²) in [5, 5.41) is 1.32. The molecule has 1 heterocycles. The molecule has 0 bridgehead atoms. The summed E-state index contributed by atoms with van der Waals surface area (Å²) in [6.45, 7) is 1.97. The highest BCUT2D eigenvalue weighted by Gasteiger charge is 2.21. The Morgan fingerprint density at radius 2 is 1.51 bits per heavy atom. The van der Waals surface area contributed by atoms with E-state index in [-0.39, 0.29) is 18.9 Å². The lowest BCUT2D eigenvalue weighted by Crippen LogP contribution is -2.33. The van der Waals surface area contributed by atoms with E-state index < -0.39 is 10.0 Å². The number of aryl methyl sites for hydroxylation is 2. The molecule has 0 unspecified atom stereocenters. The number of anilines is 1. The minimum absolute atomic E-state index is 0.0750. The van der Waals surface area contributed by atoms with Crippen molar-refractivity contribution in [2.75, 3.05) is 30.3 Å². The van der Waals surface area contributed by atoms with Gasteiger partial charge in [-0.2, -0.15) is 0 Å². The molecule has 0 atom stereocenters. The Morgan fingerprint density at radius 3 is 2.24 bits per heavy atom. The first-order valence-corrected chi connectivity index (χ1v) is 18.1. The van der Waals surface area contributed by atoms with Crippen molar-refractivity contribution in [3.63, 3.8) is 0 Å². The molecule has 0 saturated carbocycles. The number of benzene rings is 4. The van der Waals surface area contributed by atoms with E-state index in [0.29, 0.717) is 30.9 Å². The predicted molar refractivity (Wildman–Crippen MR) is 184 cm³/mol. The van der Waals surface area contributed by atoms with Gasteiger partial charge in [0.1, 0.15) is 12.4 Å². The molecule has 45 heavy (non-hydrogen) atoms. The van der Waals surface area contributed by atoms with Gasteiger partial charge in [0.2, 0.25) is 10.0 Å². The van der Waals surface area contributed by atoms with Gasteiger partial charge in [0.15, 0.2) is 5.78 Å². The Labute approximate surface area is 269 Å². The number of Topliss-reactive ketones (excluding diaryl/α,β-unsaturated/α-hetero) is 1. The molecular formula is C37H38N2O4S2. The molecule has 6 nitrogen and oxygen atoms in total. The molecule has 6 rings (SSSR count). The summed E-state index contributed by atoms with van der Waals surface area (Å²) in [6, 6.07) is 32.8. The van der Waals surface area contributed by atoms with Gasteiger partial charge in [0, 0.05) is 23.5 Å². The van der Waals surface area contributed by atoms with Crippen LogP contribution in [-0.4, -0.2) is 45.1 Å². The fourth-order valence-corrected chi connectivity index (χ4v) is 8.23. The highest BCUT2D eigenvalue weighted by Crippen LogP contribution is 2.40. The lowest BCUT2D eigenvalue weighted by molar-refractivity contribution is 0.0912. The average molecular weight is 639 g/mol. The van der Waals surface area contributed by atoms with Crippen LogP contribution in [0.1, 0.15) is 44.8 Å². The maximum absolute atomic E-state index is 13.7. The maximum Gasteiger partial charge on any atom is 0.232 e. The van der Waals surface area contributed by atoms with Crippen LogP contribution in [0.15, 0.2) is 103 Å². The first kappa shape index (κ1) is 31.0. The molecule has 1 aliphatic rings. The van der Waals surface area contributed by atoms with Crippen molar-refractivity contribution in [2.45, 2.75) is 38.8 Å². The third-order valence-corrected chi connectivity index (χ3v) is 10.7. The van der Waals surface area contributed by atoms with E-state index in [1.165, 1.54) is 43.9 Å². The van der Waals surface area contributed by atoms with Gasteiger partial charge in [-0.1, -0.05) is 84.9 Å². The van der Waals surface area contributed by atoms with Crippen molar-refractivity contribution in [1.82, 2.24) is 4.90 Å². The molecule has 0 amide bonds. The smallest absolute Gasteiger partial charge is 0.232 e. The average Bonchev–Trinajstić information content (AvgIpc) is 3.44. The Balaban J connectivity index is 1.18. The van der Waals surface area contributed by atoms with Crippen LogP contribution in [0.3, 0.4) is 0 Å². The number of carbonyl (C=O) groups is 1. The summed E-state index contributed by atoms with van der Waals surface area (Å²) >= 11 is 1.86. The molecule has 0 saturated heterocycles. The summed E-state index contributed by atoms with van der Waals surface area (Å²) in [5.41, 5.74) is 4.41. The highest BCUT2D eigenvalue weighted by atomic mass is 32.2. The molecule has 0 spiro atoms. The molecule has 1 aliphatic carbocycles. The third kappa shape index (κ3) is 7.64. The van der Waals surface area contributed by atoms with Gasteiger partial charge in [0.05, 0.1) is 29.7 Å². The van der Waals surface area contributed by atoms with Crippen LogP contribution in [0.25, 0.3) is 10.1 Å². The number of ketones is 1. The summed E-state index contributed by atoms with van der Waals surface area (Å²) in [4.78, 5) is 17.3. The predicted octanol–water partition coefficient (Wildman–Crippen LogP) is 7.51. The zero-order valence-electron chi connectivity index (χ0n) is 25.5. The molecule has 1 aromatic heterocycles. The molecule has 0 fully saturated rings. The van der Waals surface area contributed by atoms with Crippen LogP contribution in [0, 0.1) is 0 Å². The fourth-order valence-electron chi connectivity index (χ4n) is 5.99. The number of thiophene rings is 1. The van der Waals surface area contributed by atoms with E-state index in [9.17, 15) is 13.2 Å². The largest absolute Gasteiger partial charge is 0.491 e. The third-order valence-electron chi connectivity index (χ3n) is 8.25. The van der Waals surface area contributed by atoms with E-state index in [1.807, 2.05) is 65.9 Å². The number of hydrogen-bond donors (Lipinski definition) is 0. The van der Waals surface area contributed by atoms with Crippen LogP contribution >= 0.6 is 11.3 Å². The van der Waals surface area contributed by atoms with Gasteiger partial charge in [-0.15, -0.1) is 11.3 Å². The van der Waals surface area contributed by atoms with Gasteiger partial charge in [-0.25, -0.2) is 8.42 Å². The van der Waals surface area contributed by atoms with E-state index in [1.54, 1.807) is 24.3 Å². The molecule has 5 aromatic rings. The topological polar surface area (TPSA) is 66.9 Å². The fraction of sp³-hybridized carbons (Fsp3) is 0.270. The molecule has 4 aromatic carbocycles. The van der Waals surface area contributed by atoms with Crippen LogP contribution in [-0.2, 0) is 36.0 Å². The van der Waals surface area contributed by atoms with Crippen molar-refractivity contribution in [1.29, 1.82) is 0 Å².